The normalized spacial score (nSPS) is 12.0. The van der Waals surface area contributed by atoms with Crippen LogP contribution in [-0.2, 0) is 0 Å². The van der Waals surface area contributed by atoms with Crippen LogP contribution in [0.1, 0.15) is 35.9 Å². The van der Waals surface area contributed by atoms with Crippen LogP contribution in [0.25, 0.3) is 40.1 Å². The van der Waals surface area contributed by atoms with E-state index in [9.17, 15) is 4.79 Å². The van der Waals surface area contributed by atoms with E-state index >= 15 is 0 Å². The molecule has 3 heterocycles. The van der Waals surface area contributed by atoms with Crippen molar-refractivity contribution in [2.24, 2.45) is 0 Å². The Hall–Kier alpha value is -5.02. The second-order valence-electron chi connectivity index (χ2n) is 9.73. The molecule has 0 bridgehead atoms. The second-order valence-corrected chi connectivity index (χ2v) is 10.7. The lowest BCUT2D eigenvalue weighted by Gasteiger charge is -2.06. The molecule has 0 saturated heterocycles. The van der Waals surface area contributed by atoms with Gasteiger partial charge in [0, 0.05) is 17.3 Å². The van der Waals surface area contributed by atoms with E-state index in [1.54, 1.807) is 13.2 Å². The number of thiazole rings is 1. The summed E-state index contributed by atoms with van der Waals surface area (Å²) in [4.78, 5) is 18.5. The van der Waals surface area contributed by atoms with Crippen molar-refractivity contribution in [2.45, 2.75) is 20.3 Å². The average Bonchev–Trinajstić information content (AvgIpc) is 3.70. The average molecular weight is 576 g/mol. The first-order valence-corrected chi connectivity index (χ1v) is 14.5. The van der Waals surface area contributed by atoms with Crippen molar-refractivity contribution < 1.29 is 9.47 Å². The third kappa shape index (κ3) is 5.59. The zero-order chi connectivity index (χ0) is 29.1. The highest BCUT2D eigenvalue weighted by Crippen LogP contribution is 2.29. The summed E-state index contributed by atoms with van der Waals surface area (Å²) in [5, 5.41) is 9.34. The predicted molar refractivity (Wildman–Crippen MR) is 167 cm³/mol. The maximum atomic E-state index is 13.4. The van der Waals surface area contributed by atoms with Crippen LogP contribution in [0.15, 0.2) is 83.8 Å². The van der Waals surface area contributed by atoms with Gasteiger partial charge in [0.05, 0.1) is 23.9 Å². The van der Waals surface area contributed by atoms with Crippen LogP contribution in [0.4, 0.5) is 0 Å². The molecule has 3 aromatic heterocycles. The minimum atomic E-state index is -0.219. The Morgan fingerprint density at radius 3 is 2.50 bits per heavy atom. The fraction of sp³-hybridized carbons (Fsp3) is 0.152. The van der Waals surface area contributed by atoms with Crippen molar-refractivity contribution in [3.8, 4) is 28.4 Å². The van der Waals surface area contributed by atoms with Crippen LogP contribution in [0.3, 0.4) is 0 Å². The van der Waals surface area contributed by atoms with Crippen molar-refractivity contribution in [2.75, 3.05) is 13.7 Å². The lowest BCUT2D eigenvalue weighted by molar-refractivity contribution is 0.317. The number of methoxy groups -OCH3 is 1. The van der Waals surface area contributed by atoms with Gasteiger partial charge in [0.2, 0.25) is 4.96 Å². The van der Waals surface area contributed by atoms with Crippen molar-refractivity contribution >= 4 is 34.5 Å². The van der Waals surface area contributed by atoms with E-state index in [2.05, 4.69) is 17.0 Å². The van der Waals surface area contributed by atoms with Gasteiger partial charge in [0.15, 0.2) is 5.82 Å². The summed E-state index contributed by atoms with van der Waals surface area (Å²) in [7, 11) is 1.66. The highest BCUT2D eigenvalue weighted by atomic mass is 32.1. The number of aromatic nitrogens is 5. The molecule has 6 aromatic rings. The van der Waals surface area contributed by atoms with E-state index < -0.39 is 0 Å². The predicted octanol–water partition coefficient (Wildman–Crippen LogP) is 5.83. The molecule has 8 nitrogen and oxygen atoms in total. The zero-order valence-corrected chi connectivity index (χ0v) is 24.3. The quantitative estimate of drug-likeness (QED) is 0.216. The Labute approximate surface area is 246 Å². The molecule has 0 radical (unpaired) electrons. The molecule has 0 aliphatic carbocycles. The number of fused-ring (bicyclic) bond motifs is 1. The summed E-state index contributed by atoms with van der Waals surface area (Å²) in [6.07, 6.45) is 8.49. The van der Waals surface area contributed by atoms with Gasteiger partial charge in [-0.05, 0) is 79.1 Å². The first-order valence-electron chi connectivity index (χ1n) is 13.6. The van der Waals surface area contributed by atoms with Gasteiger partial charge in [-0.1, -0.05) is 54.7 Å². The molecule has 0 aliphatic rings. The Bertz CT molecular complexity index is 1990. The summed E-state index contributed by atoms with van der Waals surface area (Å²) in [5.41, 5.74) is 5.20. The molecule has 0 spiro atoms. The molecular weight excluding hydrogens is 546 g/mol. The van der Waals surface area contributed by atoms with Crippen LogP contribution >= 0.6 is 11.3 Å². The summed E-state index contributed by atoms with van der Waals surface area (Å²) >= 11 is 1.30. The Balaban J connectivity index is 1.34. The minimum absolute atomic E-state index is 0.219. The molecule has 9 heteroatoms. The molecule has 0 amide bonds. The number of aryl methyl sites for hydroxylation is 1. The topological polar surface area (TPSA) is 83.5 Å². The number of benzene rings is 3. The fourth-order valence-corrected chi connectivity index (χ4v) is 5.49. The van der Waals surface area contributed by atoms with E-state index in [0.29, 0.717) is 21.9 Å². The molecule has 210 valence electrons. The SMILES string of the molecule is CCCOc1ccc(/C=C/c2nc3s/c(=C\c4cn(-c5ccccc5)nc4-c4ccc(OC)c(C)c4)c(=O)n3n2)cc1. The van der Waals surface area contributed by atoms with Crippen LogP contribution in [0.5, 0.6) is 11.5 Å². The van der Waals surface area contributed by atoms with Gasteiger partial charge in [0.25, 0.3) is 5.56 Å². The molecule has 0 atom stereocenters. The van der Waals surface area contributed by atoms with E-state index in [4.69, 9.17) is 14.6 Å². The highest BCUT2D eigenvalue weighted by Gasteiger charge is 2.15. The summed E-state index contributed by atoms with van der Waals surface area (Å²) < 4.78 is 14.8. The molecular formula is C33H29N5O3S. The smallest absolute Gasteiger partial charge is 0.291 e. The van der Waals surface area contributed by atoms with Gasteiger partial charge >= 0.3 is 0 Å². The van der Waals surface area contributed by atoms with Gasteiger partial charge in [-0.15, -0.1) is 5.10 Å². The first-order chi connectivity index (χ1) is 20.5. The maximum Gasteiger partial charge on any atom is 0.291 e. The zero-order valence-electron chi connectivity index (χ0n) is 23.5. The number of nitrogens with zero attached hydrogens (tertiary/aromatic N) is 5. The summed E-state index contributed by atoms with van der Waals surface area (Å²) in [6, 6.07) is 23.7. The van der Waals surface area contributed by atoms with Crippen LogP contribution in [-0.4, -0.2) is 38.1 Å². The molecule has 0 N–H and O–H groups in total. The van der Waals surface area contributed by atoms with Crippen molar-refractivity contribution in [1.29, 1.82) is 0 Å². The molecule has 6 rings (SSSR count). The van der Waals surface area contributed by atoms with Crippen LogP contribution in [0.2, 0.25) is 0 Å². The van der Waals surface area contributed by atoms with Gasteiger partial charge in [0.1, 0.15) is 17.2 Å². The van der Waals surface area contributed by atoms with Crippen molar-refractivity contribution in [3.05, 3.63) is 116 Å². The van der Waals surface area contributed by atoms with E-state index in [0.717, 1.165) is 51.6 Å². The number of hydrogen-bond donors (Lipinski definition) is 0. The molecule has 0 fully saturated rings. The van der Waals surface area contributed by atoms with Crippen LogP contribution < -0.4 is 19.6 Å². The lowest BCUT2D eigenvalue weighted by Crippen LogP contribution is -2.23. The third-order valence-corrected chi connectivity index (χ3v) is 7.65. The molecule has 0 aliphatic heterocycles. The van der Waals surface area contributed by atoms with Gasteiger partial charge in [-0.3, -0.25) is 4.79 Å². The van der Waals surface area contributed by atoms with Crippen molar-refractivity contribution in [1.82, 2.24) is 24.4 Å². The van der Waals surface area contributed by atoms with Crippen LogP contribution in [0, 0.1) is 6.92 Å². The molecule has 0 unspecified atom stereocenters. The molecule has 0 saturated carbocycles. The lowest BCUT2D eigenvalue weighted by atomic mass is 10.0. The van der Waals surface area contributed by atoms with E-state index in [1.165, 1.54) is 15.9 Å². The summed E-state index contributed by atoms with van der Waals surface area (Å²) in [6.45, 7) is 4.77. The van der Waals surface area contributed by atoms with E-state index in [1.807, 2.05) is 103 Å². The Morgan fingerprint density at radius 2 is 1.79 bits per heavy atom. The number of para-hydroxylation sites is 1. The van der Waals surface area contributed by atoms with Gasteiger partial charge < -0.3 is 9.47 Å². The Morgan fingerprint density at radius 1 is 0.976 bits per heavy atom. The number of rotatable bonds is 9. The van der Waals surface area contributed by atoms with E-state index in [-0.39, 0.29) is 5.56 Å². The first kappa shape index (κ1) is 27.2. The standard InChI is InChI=1S/C33H29N5O3S/c1-4-18-41-27-14-10-23(11-15-27)12-17-30-34-33-38(35-30)32(39)29(42-33)20-25-21-37(26-8-6-5-7-9-26)36-31(25)24-13-16-28(40-3)22(2)19-24/h5-17,19-21H,4,18H2,1-3H3/b17-12+,29-20-. The highest BCUT2D eigenvalue weighted by molar-refractivity contribution is 7.15. The molecule has 3 aromatic carbocycles. The monoisotopic (exact) mass is 575 g/mol. The van der Waals surface area contributed by atoms with Gasteiger partial charge in [-0.25, -0.2) is 4.68 Å². The fourth-order valence-electron chi connectivity index (χ4n) is 4.58. The minimum Gasteiger partial charge on any atom is -0.496 e. The maximum absolute atomic E-state index is 13.4. The largest absolute Gasteiger partial charge is 0.496 e. The number of hydrogen-bond acceptors (Lipinski definition) is 7. The van der Waals surface area contributed by atoms with Crippen molar-refractivity contribution in [3.63, 3.8) is 0 Å². The Kier molecular flexibility index (Phi) is 7.66. The second kappa shape index (κ2) is 11.8. The van der Waals surface area contributed by atoms with Gasteiger partial charge in [-0.2, -0.15) is 14.6 Å². The molecule has 42 heavy (non-hydrogen) atoms. The summed E-state index contributed by atoms with van der Waals surface area (Å²) in [5.74, 6) is 2.12. The number of ether oxygens (including phenoxy) is 2. The third-order valence-electron chi connectivity index (χ3n) is 6.69.